The average Bonchev–Trinajstić information content (AvgIpc) is 2.49. The molecule has 0 aromatic heterocycles. The Kier molecular flexibility index (Phi) is 3.44. The molecule has 0 aliphatic carbocycles. The molecular weight excluding hydrogens is 258 g/mol. The smallest absolute Gasteiger partial charge is 0.169 e. The molecule has 0 atom stereocenters. The fourth-order valence-electron chi connectivity index (χ4n) is 2.58. The van der Waals surface area contributed by atoms with Crippen molar-refractivity contribution in [3.63, 3.8) is 0 Å². The van der Waals surface area contributed by atoms with Crippen molar-refractivity contribution in [3.05, 3.63) is 77.4 Å². The summed E-state index contributed by atoms with van der Waals surface area (Å²) in [5, 5.41) is 2.10. The highest BCUT2D eigenvalue weighted by atomic mass is 16.1. The van der Waals surface area contributed by atoms with E-state index in [-0.39, 0.29) is 5.78 Å². The lowest BCUT2D eigenvalue weighted by Gasteiger charge is -2.09. The maximum Gasteiger partial charge on any atom is 0.169 e. The number of nitrogen functional groups attached to an aromatic ring is 1. The van der Waals surface area contributed by atoms with Crippen molar-refractivity contribution in [2.75, 3.05) is 5.73 Å². The Morgan fingerprint density at radius 1 is 0.952 bits per heavy atom. The van der Waals surface area contributed by atoms with E-state index in [4.69, 9.17) is 5.73 Å². The number of hydrogen-bond donors (Lipinski definition) is 1. The molecule has 2 heteroatoms. The van der Waals surface area contributed by atoms with E-state index < -0.39 is 0 Å². The first-order valence-corrected chi connectivity index (χ1v) is 7.01. The highest BCUT2D eigenvalue weighted by molar-refractivity contribution is 6.06. The van der Waals surface area contributed by atoms with Crippen LogP contribution < -0.4 is 5.73 Å². The number of aryl methyl sites for hydroxylation is 1. The number of nitrogens with two attached hydrogens (primary N) is 1. The van der Waals surface area contributed by atoms with Crippen LogP contribution in [0.25, 0.3) is 10.8 Å². The van der Waals surface area contributed by atoms with Crippen LogP contribution in [0.4, 0.5) is 5.69 Å². The number of hydrogen-bond acceptors (Lipinski definition) is 2. The minimum atomic E-state index is 0.0625. The van der Waals surface area contributed by atoms with Gasteiger partial charge < -0.3 is 5.73 Å². The van der Waals surface area contributed by atoms with Crippen molar-refractivity contribution >= 4 is 22.2 Å². The normalized spacial score (nSPS) is 10.7. The zero-order valence-corrected chi connectivity index (χ0v) is 12.0. The predicted octanol–water partition coefficient (Wildman–Crippen LogP) is 4.16. The van der Waals surface area contributed by atoms with Gasteiger partial charge in [-0.15, -0.1) is 0 Å². The molecular formula is C19H17NO. The van der Waals surface area contributed by atoms with Gasteiger partial charge in [-0.05, 0) is 41.0 Å². The van der Waals surface area contributed by atoms with E-state index in [1.807, 2.05) is 67.6 Å². The van der Waals surface area contributed by atoms with E-state index in [0.717, 1.165) is 21.9 Å². The van der Waals surface area contributed by atoms with Gasteiger partial charge in [-0.25, -0.2) is 0 Å². The molecule has 0 fully saturated rings. The molecule has 21 heavy (non-hydrogen) atoms. The number of carbonyl (C=O) groups excluding carboxylic acids is 1. The van der Waals surface area contributed by atoms with Gasteiger partial charge in [0, 0.05) is 17.7 Å². The molecule has 0 saturated heterocycles. The molecule has 0 heterocycles. The zero-order chi connectivity index (χ0) is 14.8. The first-order chi connectivity index (χ1) is 10.1. The van der Waals surface area contributed by atoms with Crippen LogP contribution in [0.2, 0.25) is 0 Å². The fourth-order valence-corrected chi connectivity index (χ4v) is 2.58. The Morgan fingerprint density at radius 2 is 1.57 bits per heavy atom. The van der Waals surface area contributed by atoms with Gasteiger partial charge in [0.05, 0.1) is 0 Å². The first kappa shape index (κ1) is 13.4. The van der Waals surface area contributed by atoms with Crippen LogP contribution in [-0.2, 0) is 6.42 Å². The predicted molar refractivity (Wildman–Crippen MR) is 87.6 cm³/mol. The maximum absolute atomic E-state index is 12.6. The zero-order valence-electron chi connectivity index (χ0n) is 12.0. The second kappa shape index (κ2) is 5.41. The maximum atomic E-state index is 12.6. The summed E-state index contributed by atoms with van der Waals surface area (Å²) in [6, 6.07) is 19.7. The van der Waals surface area contributed by atoms with Crippen LogP contribution in [0, 0.1) is 6.92 Å². The van der Waals surface area contributed by atoms with Crippen molar-refractivity contribution in [3.8, 4) is 0 Å². The molecule has 0 aliphatic rings. The van der Waals surface area contributed by atoms with Gasteiger partial charge in [0.15, 0.2) is 5.78 Å². The van der Waals surface area contributed by atoms with Crippen LogP contribution in [0.5, 0.6) is 0 Å². The number of Topliss-reactive ketones (excluding diaryl/α,β-unsaturated/α-hetero) is 1. The lowest BCUT2D eigenvalue weighted by atomic mass is 9.96. The Balaban J connectivity index is 1.98. The number of anilines is 1. The van der Waals surface area contributed by atoms with Crippen LogP contribution >= 0.6 is 0 Å². The van der Waals surface area contributed by atoms with Gasteiger partial charge in [-0.2, -0.15) is 0 Å². The third kappa shape index (κ3) is 2.65. The summed E-state index contributed by atoms with van der Waals surface area (Å²) in [4.78, 5) is 12.6. The standard InChI is InChI=1S/C19H17NO/c1-13-6-2-3-7-14(13)12-19(21)17-10-15-8-4-5-9-16(15)11-18(17)20/h2-11H,12,20H2,1H3. The van der Waals surface area contributed by atoms with Crippen LogP contribution in [0.3, 0.4) is 0 Å². The van der Waals surface area contributed by atoms with Crippen molar-refractivity contribution < 1.29 is 4.79 Å². The van der Waals surface area contributed by atoms with E-state index in [0.29, 0.717) is 17.7 Å². The van der Waals surface area contributed by atoms with E-state index in [2.05, 4.69) is 0 Å². The molecule has 2 N–H and O–H groups in total. The molecule has 0 bridgehead atoms. The topological polar surface area (TPSA) is 43.1 Å². The minimum absolute atomic E-state index is 0.0625. The first-order valence-electron chi connectivity index (χ1n) is 7.01. The largest absolute Gasteiger partial charge is 0.398 e. The van der Waals surface area contributed by atoms with Gasteiger partial charge in [0.25, 0.3) is 0 Å². The van der Waals surface area contributed by atoms with E-state index >= 15 is 0 Å². The second-order valence-electron chi connectivity index (χ2n) is 5.31. The highest BCUT2D eigenvalue weighted by Gasteiger charge is 2.12. The highest BCUT2D eigenvalue weighted by Crippen LogP contribution is 2.23. The third-order valence-electron chi connectivity index (χ3n) is 3.83. The monoisotopic (exact) mass is 275 g/mol. The van der Waals surface area contributed by atoms with Crippen molar-refractivity contribution in [2.45, 2.75) is 13.3 Å². The molecule has 3 aromatic carbocycles. The Labute approximate surface area is 124 Å². The Morgan fingerprint density at radius 3 is 2.29 bits per heavy atom. The van der Waals surface area contributed by atoms with Crippen molar-refractivity contribution in [1.82, 2.24) is 0 Å². The summed E-state index contributed by atoms with van der Waals surface area (Å²) in [6.07, 6.45) is 0.384. The van der Waals surface area contributed by atoms with Gasteiger partial charge in [0.1, 0.15) is 0 Å². The van der Waals surface area contributed by atoms with Gasteiger partial charge >= 0.3 is 0 Å². The summed E-state index contributed by atoms with van der Waals surface area (Å²) >= 11 is 0. The SMILES string of the molecule is Cc1ccccc1CC(=O)c1cc2ccccc2cc1N. The molecule has 2 nitrogen and oxygen atoms in total. The molecule has 104 valence electrons. The summed E-state index contributed by atoms with van der Waals surface area (Å²) in [5.74, 6) is 0.0625. The van der Waals surface area contributed by atoms with Gasteiger partial charge in [-0.3, -0.25) is 4.79 Å². The third-order valence-corrected chi connectivity index (χ3v) is 3.83. The molecule has 3 aromatic rings. The van der Waals surface area contributed by atoms with Gasteiger partial charge in [0.2, 0.25) is 0 Å². The van der Waals surface area contributed by atoms with Crippen LogP contribution in [-0.4, -0.2) is 5.78 Å². The van der Waals surface area contributed by atoms with Crippen molar-refractivity contribution in [2.24, 2.45) is 0 Å². The summed E-state index contributed by atoms with van der Waals surface area (Å²) in [6.45, 7) is 2.02. The summed E-state index contributed by atoms with van der Waals surface area (Å²) in [5.41, 5.74) is 9.40. The van der Waals surface area contributed by atoms with Crippen LogP contribution in [0.1, 0.15) is 21.5 Å². The lowest BCUT2D eigenvalue weighted by Crippen LogP contribution is -2.08. The molecule has 3 rings (SSSR count). The minimum Gasteiger partial charge on any atom is -0.398 e. The number of fused-ring (bicyclic) bond motifs is 1. The fraction of sp³-hybridized carbons (Fsp3) is 0.105. The van der Waals surface area contributed by atoms with E-state index in [1.165, 1.54) is 0 Å². The Hall–Kier alpha value is -2.61. The molecule has 0 amide bonds. The molecule has 0 aliphatic heterocycles. The average molecular weight is 275 g/mol. The Bertz CT molecular complexity index is 821. The van der Waals surface area contributed by atoms with Crippen molar-refractivity contribution in [1.29, 1.82) is 0 Å². The lowest BCUT2D eigenvalue weighted by molar-refractivity contribution is 0.0993. The molecule has 0 saturated carbocycles. The van der Waals surface area contributed by atoms with Crippen LogP contribution in [0.15, 0.2) is 60.7 Å². The number of benzene rings is 3. The quantitative estimate of drug-likeness (QED) is 0.576. The summed E-state index contributed by atoms with van der Waals surface area (Å²) in [7, 11) is 0. The van der Waals surface area contributed by atoms with E-state index in [1.54, 1.807) is 0 Å². The van der Waals surface area contributed by atoms with E-state index in [9.17, 15) is 4.79 Å². The number of ketones is 1. The molecule has 0 unspecified atom stereocenters. The number of rotatable bonds is 3. The second-order valence-corrected chi connectivity index (χ2v) is 5.31. The number of carbonyl (C=O) groups is 1. The molecule has 0 spiro atoms. The summed E-state index contributed by atoms with van der Waals surface area (Å²) < 4.78 is 0. The molecule has 0 radical (unpaired) electrons. The van der Waals surface area contributed by atoms with Gasteiger partial charge in [-0.1, -0.05) is 48.5 Å².